The Hall–Kier alpha value is 0.540. The Morgan fingerprint density at radius 3 is 1.28 bits per heavy atom. The summed E-state index contributed by atoms with van der Waals surface area (Å²) in [6.07, 6.45) is -0.581. The minimum absolute atomic E-state index is 0.159. The van der Waals surface area contributed by atoms with Gasteiger partial charge in [0.25, 0.3) is 0 Å². The van der Waals surface area contributed by atoms with Gasteiger partial charge in [-0.25, -0.2) is 0 Å². The van der Waals surface area contributed by atoms with Crippen molar-refractivity contribution in [3.63, 3.8) is 0 Å². The van der Waals surface area contributed by atoms with Gasteiger partial charge in [0.05, 0.1) is 31.8 Å². The predicted molar refractivity (Wildman–Crippen MR) is 94.1 cm³/mol. The van der Waals surface area contributed by atoms with Gasteiger partial charge < -0.3 is 37.0 Å². The Kier molecular flexibility index (Phi) is 8.90. The molecule has 0 aromatic carbocycles. The predicted octanol–water partition coefficient (Wildman–Crippen LogP) is 3.40. The number of methoxy groups -OCH3 is 2. The Morgan fingerprint density at radius 2 is 1.00 bits per heavy atom. The van der Waals surface area contributed by atoms with Crippen LogP contribution in [0, 0.1) is 5.41 Å². The zero-order valence-corrected chi connectivity index (χ0v) is 17.6. The molecule has 0 aromatic heterocycles. The summed E-state index contributed by atoms with van der Waals surface area (Å²) in [7, 11) is 0.995. The zero-order chi connectivity index (χ0) is 18.4. The van der Waals surface area contributed by atoms with Gasteiger partial charge in [0.15, 0.2) is 12.6 Å². The SMILES string of the molecule is COC(C)OC(C)P1OCC2(CO1)COP(C(C)OC(C)OC)OC2. The molecule has 0 bridgehead atoms. The van der Waals surface area contributed by atoms with Crippen molar-refractivity contribution >= 4 is 16.8 Å². The summed E-state index contributed by atoms with van der Waals surface area (Å²) in [4.78, 5) is 0. The van der Waals surface area contributed by atoms with Crippen molar-refractivity contribution in [3.8, 4) is 0 Å². The summed E-state index contributed by atoms with van der Waals surface area (Å²) in [5.41, 5.74) is -0.267. The second kappa shape index (κ2) is 10.2. The quantitative estimate of drug-likeness (QED) is 0.453. The molecule has 0 N–H and O–H groups in total. The summed E-state index contributed by atoms with van der Waals surface area (Å²) < 4.78 is 45.2. The van der Waals surface area contributed by atoms with Gasteiger partial charge in [-0.05, 0) is 27.7 Å². The van der Waals surface area contributed by atoms with Gasteiger partial charge in [-0.2, -0.15) is 0 Å². The smallest absolute Gasteiger partial charge is 0.201 e. The number of hydrogen-bond donors (Lipinski definition) is 0. The van der Waals surface area contributed by atoms with Gasteiger partial charge >= 0.3 is 0 Å². The highest BCUT2D eigenvalue weighted by Gasteiger charge is 2.45. The molecule has 1 spiro atoms. The van der Waals surface area contributed by atoms with Gasteiger partial charge in [0.1, 0.15) is 11.7 Å². The van der Waals surface area contributed by atoms with E-state index in [-0.39, 0.29) is 29.7 Å². The highest BCUT2D eigenvalue weighted by Crippen LogP contribution is 2.55. The standard InChI is InChI=1S/C15H30O8P2/c1-11(16-5)22-13(3)24-18-7-15(8-19-24)9-20-25(21-10-15)14(4)23-12(2)17-6/h11-14H,7-10H2,1-6H3. The molecule has 25 heavy (non-hydrogen) atoms. The molecule has 0 amide bonds. The molecule has 2 aliphatic rings. The fourth-order valence-electron chi connectivity index (χ4n) is 2.31. The van der Waals surface area contributed by atoms with E-state index < -0.39 is 16.8 Å². The van der Waals surface area contributed by atoms with Crippen molar-refractivity contribution in [1.29, 1.82) is 0 Å². The first kappa shape index (κ1) is 21.8. The molecule has 148 valence electrons. The zero-order valence-electron chi connectivity index (χ0n) is 15.8. The second-order valence-electron chi connectivity index (χ2n) is 6.24. The lowest BCUT2D eigenvalue weighted by molar-refractivity contribution is -0.132. The Bertz CT molecular complexity index is 346. The average Bonchev–Trinajstić information content (AvgIpc) is 2.62. The third-order valence-electron chi connectivity index (χ3n) is 4.03. The summed E-state index contributed by atoms with van der Waals surface area (Å²) >= 11 is 0. The molecule has 0 aromatic rings. The van der Waals surface area contributed by atoms with Crippen molar-refractivity contribution in [1.82, 2.24) is 0 Å². The van der Waals surface area contributed by atoms with E-state index in [1.165, 1.54) is 0 Å². The van der Waals surface area contributed by atoms with Crippen LogP contribution in [0.3, 0.4) is 0 Å². The van der Waals surface area contributed by atoms with Crippen LogP contribution < -0.4 is 0 Å². The molecule has 2 rings (SSSR count). The van der Waals surface area contributed by atoms with Crippen LogP contribution in [-0.2, 0) is 37.0 Å². The van der Waals surface area contributed by atoms with Crippen LogP contribution in [0.1, 0.15) is 27.7 Å². The van der Waals surface area contributed by atoms with Gasteiger partial charge in [-0.3, -0.25) is 0 Å². The van der Waals surface area contributed by atoms with Crippen molar-refractivity contribution < 1.29 is 37.0 Å². The van der Waals surface area contributed by atoms with Crippen molar-refractivity contribution in [2.75, 3.05) is 40.6 Å². The van der Waals surface area contributed by atoms with Gasteiger partial charge in [-0.1, -0.05) is 0 Å². The van der Waals surface area contributed by atoms with Crippen LogP contribution in [-0.4, -0.2) is 64.9 Å². The van der Waals surface area contributed by atoms with E-state index in [0.29, 0.717) is 26.4 Å². The van der Waals surface area contributed by atoms with E-state index in [1.807, 2.05) is 27.7 Å². The van der Waals surface area contributed by atoms with E-state index in [9.17, 15) is 0 Å². The van der Waals surface area contributed by atoms with E-state index in [4.69, 9.17) is 37.0 Å². The molecule has 4 atom stereocenters. The maximum atomic E-state index is 5.91. The highest BCUT2D eigenvalue weighted by atomic mass is 31.2. The molecular formula is C15H30O8P2. The molecule has 2 aliphatic heterocycles. The van der Waals surface area contributed by atoms with Crippen molar-refractivity contribution in [2.45, 2.75) is 52.0 Å². The van der Waals surface area contributed by atoms with Crippen molar-refractivity contribution in [2.24, 2.45) is 5.41 Å². The molecule has 8 nitrogen and oxygen atoms in total. The summed E-state index contributed by atoms with van der Waals surface area (Å²) in [5.74, 6) is -0.317. The fraction of sp³-hybridized carbons (Fsp3) is 1.00. The molecule has 2 fully saturated rings. The normalized spacial score (nSPS) is 35.3. The summed E-state index contributed by atoms with van der Waals surface area (Å²) in [6, 6.07) is 0. The molecule has 0 saturated carbocycles. The maximum Gasteiger partial charge on any atom is 0.201 e. The molecule has 2 saturated heterocycles. The lowest BCUT2D eigenvalue weighted by Crippen LogP contribution is -2.46. The first-order chi connectivity index (χ1) is 11.9. The molecular weight excluding hydrogens is 370 g/mol. The lowest BCUT2D eigenvalue weighted by Gasteiger charge is -2.44. The van der Waals surface area contributed by atoms with Crippen LogP contribution in [0.2, 0.25) is 0 Å². The molecule has 10 heteroatoms. The fourth-order valence-corrected chi connectivity index (χ4v) is 5.45. The number of hydrogen-bond acceptors (Lipinski definition) is 8. The number of rotatable bonds is 8. The van der Waals surface area contributed by atoms with Crippen LogP contribution in [0.5, 0.6) is 0 Å². The minimum Gasteiger partial charge on any atom is -0.356 e. The Labute approximate surface area is 152 Å². The molecule has 4 unspecified atom stereocenters. The lowest BCUT2D eigenvalue weighted by atomic mass is 9.93. The van der Waals surface area contributed by atoms with Gasteiger partial charge in [0, 0.05) is 14.2 Å². The monoisotopic (exact) mass is 400 g/mol. The second-order valence-corrected chi connectivity index (χ2v) is 9.87. The first-order valence-corrected chi connectivity index (χ1v) is 10.8. The summed E-state index contributed by atoms with van der Waals surface area (Å²) in [6.45, 7) is 9.67. The maximum absolute atomic E-state index is 5.91. The Morgan fingerprint density at radius 1 is 0.680 bits per heavy atom. The third kappa shape index (κ3) is 6.28. The van der Waals surface area contributed by atoms with Gasteiger partial charge in [-0.15, -0.1) is 0 Å². The van der Waals surface area contributed by atoms with E-state index >= 15 is 0 Å². The molecule has 0 aliphatic carbocycles. The molecule has 2 heterocycles. The Balaban J connectivity index is 1.75. The largest absolute Gasteiger partial charge is 0.356 e. The topological polar surface area (TPSA) is 73.8 Å². The van der Waals surface area contributed by atoms with Crippen LogP contribution >= 0.6 is 16.8 Å². The third-order valence-corrected chi connectivity index (χ3v) is 6.99. The average molecular weight is 400 g/mol. The number of ether oxygens (including phenoxy) is 4. The van der Waals surface area contributed by atoms with E-state index in [2.05, 4.69) is 0 Å². The van der Waals surface area contributed by atoms with Crippen LogP contribution in [0.25, 0.3) is 0 Å². The van der Waals surface area contributed by atoms with Gasteiger partial charge in [0.2, 0.25) is 16.8 Å². The first-order valence-electron chi connectivity index (χ1n) is 8.36. The van der Waals surface area contributed by atoms with E-state index in [0.717, 1.165) is 0 Å². The van der Waals surface area contributed by atoms with Crippen LogP contribution in [0.4, 0.5) is 0 Å². The molecule has 0 radical (unpaired) electrons. The van der Waals surface area contributed by atoms with Crippen molar-refractivity contribution in [3.05, 3.63) is 0 Å². The van der Waals surface area contributed by atoms with E-state index in [1.54, 1.807) is 14.2 Å². The highest BCUT2D eigenvalue weighted by molar-refractivity contribution is 7.48. The summed E-state index contributed by atoms with van der Waals surface area (Å²) in [5, 5.41) is 0. The minimum atomic E-state index is -1.11. The van der Waals surface area contributed by atoms with Crippen LogP contribution in [0.15, 0.2) is 0 Å².